The molecule has 0 amide bonds. The smallest absolute Gasteiger partial charge is 0.693 e. The maximum absolute atomic E-state index is 15.3. The quantitative estimate of drug-likeness (QED) is 0.219. The van der Waals surface area contributed by atoms with Crippen LogP contribution in [0.25, 0.3) is 17.3 Å². The van der Waals surface area contributed by atoms with Crippen LogP contribution in [0.15, 0.2) is 60.7 Å². The van der Waals surface area contributed by atoms with Crippen LogP contribution in [-0.2, 0) is 30.6 Å². The van der Waals surface area contributed by atoms with E-state index in [1.807, 2.05) is 84.0 Å². The van der Waals surface area contributed by atoms with Crippen LogP contribution in [0.5, 0.6) is 5.75 Å². The van der Waals surface area contributed by atoms with Gasteiger partial charge in [-0.3, -0.25) is 9.18 Å². The fourth-order valence-corrected chi connectivity index (χ4v) is 5.39. The molecule has 3 aromatic rings. The number of hydrogen-bond acceptors (Lipinski definition) is 4. The first-order chi connectivity index (χ1) is 22.0. The molecule has 0 aromatic heterocycles. The zero-order chi connectivity index (χ0) is 33.6. The van der Waals surface area contributed by atoms with Crippen LogP contribution in [0.1, 0.15) is 104 Å². The summed E-state index contributed by atoms with van der Waals surface area (Å²) < 4.78 is 26.5. The second-order valence-corrected chi connectivity index (χ2v) is 10.5. The predicted octanol–water partition coefficient (Wildman–Crippen LogP) is 11.0. The van der Waals surface area contributed by atoms with Crippen molar-refractivity contribution in [2.75, 3.05) is 19.8 Å². The van der Waals surface area contributed by atoms with Gasteiger partial charge in [0, 0.05) is 24.1 Å². The summed E-state index contributed by atoms with van der Waals surface area (Å²) in [5, 5.41) is 8.99. The summed E-state index contributed by atoms with van der Waals surface area (Å²) in [6.07, 6.45) is 7.19. The van der Waals surface area contributed by atoms with Gasteiger partial charge in [0.2, 0.25) is 0 Å². The normalized spacial score (nSPS) is 15.5. The summed E-state index contributed by atoms with van der Waals surface area (Å²) in [5.41, 5.74) is 9.01. The zero-order valence-corrected chi connectivity index (χ0v) is 32.8. The Morgan fingerprint density at radius 3 is 2.15 bits per heavy atom. The predicted molar refractivity (Wildman–Crippen MR) is 191 cm³/mol. The van der Waals surface area contributed by atoms with Crippen molar-refractivity contribution in [3.63, 3.8) is 0 Å². The Labute approximate surface area is 302 Å². The second-order valence-electron chi connectivity index (χ2n) is 10.1. The molecule has 5 N–H and O–H groups in total. The van der Waals surface area contributed by atoms with Gasteiger partial charge >= 0.3 is 27.0 Å². The third-order valence-corrected chi connectivity index (χ3v) is 7.73. The van der Waals surface area contributed by atoms with E-state index in [1.165, 1.54) is 6.42 Å². The van der Waals surface area contributed by atoms with E-state index in [0.29, 0.717) is 23.7 Å². The van der Waals surface area contributed by atoms with E-state index in [-0.39, 0.29) is 56.5 Å². The van der Waals surface area contributed by atoms with Crippen molar-refractivity contribution in [3.8, 4) is 16.9 Å². The molecule has 1 saturated heterocycles. The van der Waals surface area contributed by atoms with E-state index < -0.39 is 11.8 Å². The second kappa shape index (κ2) is 27.6. The first kappa shape index (κ1) is 46.8. The van der Waals surface area contributed by atoms with E-state index in [1.54, 1.807) is 18.2 Å². The van der Waals surface area contributed by atoms with Gasteiger partial charge in [-0.25, -0.2) is 0 Å². The van der Waals surface area contributed by atoms with Crippen LogP contribution in [-0.4, -0.2) is 36.9 Å². The summed E-state index contributed by atoms with van der Waals surface area (Å²) in [5.74, 6) is -0.935. The number of carboxylic acids is 1. The van der Waals surface area contributed by atoms with Gasteiger partial charge in [-0.2, -0.15) is 0 Å². The first-order valence-corrected chi connectivity index (χ1v) is 17.1. The fraction of sp³-hybridized carbons (Fsp3) is 0.500. The molecule has 5 rings (SSSR count). The Morgan fingerprint density at radius 2 is 1.62 bits per heavy atom. The maximum Gasteiger partial charge on any atom is 2.00 e. The minimum absolute atomic E-state index is 0. The summed E-state index contributed by atoms with van der Waals surface area (Å²) >= 11 is 6.45. The summed E-state index contributed by atoms with van der Waals surface area (Å²) in [7, 11) is 0. The Balaban J connectivity index is 0. The Morgan fingerprint density at radius 1 is 0.979 bits per heavy atom. The SMILES string of the molecule is CC.CC.CC.NCC(c1ccccc1)c1ccc(Cl)c(-c2[c-]ccc(OC[C@@H]3CCCO3)c2F)c1.O=C(O)C1CCCCC1.[NH2-].[W+2]. The molecule has 1 heterocycles. The van der Waals surface area contributed by atoms with Crippen LogP contribution in [0, 0.1) is 17.8 Å². The topological polar surface area (TPSA) is 115 Å². The zero-order valence-electron chi connectivity index (χ0n) is 29.1. The van der Waals surface area contributed by atoms with E-state index in [0.717, 1.165) is 56.3 Å². The summed E-state index contributed by atoms with van der Waals surface area (Å²) in [6, 6.07) is 21.9. The van der Waals surface area contributed by atoms with Crippen molar-refractivity contribution >= 4 is 17.6 Å². The molecule has 3 aromatic carbocycles. The van der Waals surface area contributed by atoms with Gasteiger partial charge in [-0.15, -0.1) is 17.7 Å². The fourth-order valence-electron chi connectivity index (χ4n) is 5.18. The number of benzene rings is 3. The number of nitrogens with two attached hydrogens (primary N) is 2. The number of carboxylic acid groups (broad SMARTS) is 1. The van der Waals surface area contributed by atoms with E-state index in [2.05, 4.69) is 6.07 Å². The number of carbonyl (C=O) groups is 1. The van der Waals surface area contributed by atoms with Crippen LogP contribution in [0.3, 0.4) is 0 Å². The standard InChI is InChI=1S/C25H24ClFNO2.C7H12O2.3C2H6.H2N.W/c26-23-12-11-18(22(15-28)17-6-2-1-3-7-17)14-21(23)20-9-4-10-24(25(20)27)30-16-19-8-5-13-29-19;8-7(9)6-4-2-1-3-5-6;3*1-2;;/h1-4,6-7,10-12,14,19,22H,5,8,13,15-16,28H2;6H,1-5H2,(H,8,9);3*1-2H3;1H2;/q-1;;;;;-1;+2/t19-,22?;;;;;;/m0....../s1. The third-order valence-electron chi connectivity index (χ3n) is 7.40. The van der Waals surface area contributed by atoms with Gasteiger partial charge in [0.1, 0.15) is 6.61 Å². The molecule has 9 heteroatoms. The van der Waals surface area contributed by atoms with Crippen molar-refractivity contribution < 1.29 is 44.8 Å². The monoisotopic (exact) mass is 842 g/mol. The van der Waals surface area contributed by atoms with Crippen LogP contribution >= 0.6 is 11.6 Å². The Hall–Kier alpha value is -2.28. The molecule has 6 nitrogen and oxygen atoms in total. The molecule has 1 aliphatic heterocycles. The van der Waals surface area contributed by atoms with E-state index in [9.17, 15) is 4.79 Å². The van der Waals surface area contributed by atoms with Crippen LogP contribution in [0.2, 0.25) is 5.02 Å². The molecule has 2 fully saturated rings. The Kier molecular flexibility index (Phi) is 27.6. The molecule has 262 valence electrons. The molecule has 2 aliphatic rings. The molecule has 0 bridgehead atoms. The summed E-state index contributed by atoms with van der Waals surface area (Å²) in [6.45, 7) is 13.5. The third kappa shape index (κ3) is 15.2. The number of aliphatic carboxylic acids is 1. The number of rotatable bonds is 8. The first-order valence-electron chi connectivity index (χ1n) is 16.7. The average molecular weight is 843 g/mol. The minimum atomic E-state index is -0.602. The van der Waals surface area contributed by atoms with Crippen molar-refractivity contribution in [3.05, 3.63) is 94.8 Å². The molecule has 47 heavy (non-hydrogen) atoms. The maximum atomic E-state index is 15.3. The number of halogens is 2. The van der Waals surface area contributed by atoms with E-state index >= 15 is 4.39 Å². The number of ether oxygens (including phenoxy) is 2. The molecule has 0 radical (unpaired) electrons. The van der Waals surface area contributed by atoms with Gasteiger partial charge in [0.25, 0.3) is 0 Å². The molecule has 1 saturated carbocycles. The van der Waals surface area contributed by atoms with Crippen molar-refractivity contribution in [1.82, 2.24) is 0 Å². The van der Waals surface area contributed by atoms with Gasteiger partial charge in [0.05, 0.1) is 23.6 Å². The molecular weight excluding hydrogens is 787 g/mol. The van der Waals surface area contributed by atoms with Crippen molar-refractivity contribution in [2.24, 2.45) is 11.7 Å². The van der Waals surface area contributed by atoms with Crippen LogP contribution < -0.4 is 10.5 Å². The minimum Gasteiger partial charge on any atom is -0.693 e. The van der Waals surface area contributed by atoms with Gasteiger partial charge < -0.3 is 26.5 Å². The molecular formula is C38H56ClFN2O4W. The van der Waals surface area contributed by atoms with E-state index in [4.69, 9.17) is 31.9 Å². The molecule has 1 aliphatic carbocycles. The Bertz CT molecular complexity index is 1220. The largest absolute Gasteiger partial charge is 2.00 e. The van der Waals surface area contributed by atoms with Crippen LogP contribution in [0.4, 0.5) is 4.39 Å². The van der Waals surface area contributed by atoms with Crippen molar-refractivity contribution in [1.29, 1.82) is 0 Å². The summed E-state index contributed by atoms with van der Waals surface area (Å²) in [4.78, 5) is 10.4. The average Bonchev–Trinajstić information content (AvgIpc) is 3.63. The van der Waals surface area contributed by atoms with Crippen molar-refractivity contribution in [2.45, 2.75) is 98.5 Å². The molecule has 0 spiro atoms. The molecule has 1 unspecified atom stereocenters. The van der Waals surface area contributed by atoms with Gasteiger partial charge in [-0.05, 0) is 36.8 Å². The van der Waals surface area contributed by atoms with Gasteiger partial charge in [-0.1, -0.05) is 133 Å². The number of hydrogen-bond donors (Lipinski definition) is 2. The molecule has 2 atom stereocenters. The van der Waals surface area contributed by atoms with Gasteiger partial charge in [0.15, 0.2) is 0 Å².